The Balaban J connectivity index is 2.18. The highest BCUT2D eigenvalue weighted by atomic mass is 32.1. The number of benzene rings is 1. The minimum Gasteiger partial charge on any atom is -0.465 e. The first-order valence-electron chi connectivity index (χ1n) is 5.43. The van der Waals surface area contributed by atoms with E-state index in [1.54, 1.807) is 29.5 Å². The van der Waals surface area contributed by atoms with E-state index in [1.807, 2.05) is 11.4 Å². The Morgan fingerprint density at radius 3 is 2.94 bits per heavy atom. The number of methoxy groups -OCH3 is 1. The molecular weight excluding hydrogens is 248 g/mol. The van der Waals surface area contributed by atoms with Crippen LogP contribution in [-0.4, -0.2) is 13.1 Å². The summed E-state index contributed by atoms with van der Waals surface area (Å²) in [5.41, 5.74) is 8.56. The molecule has 3 N–H and O–H groups in total. The van der Waals surface area contributed by atoms with Crippen LogP contribution in [0.1, 0.15) is 15.9 Å². The number of carbonyl (C=O) groups excluding carboxylic acids is 1. The second kappa shape index (κ2) is 5.55. The van der Waals surface area contributed by atoms with Crippen molar-refractivity contribution in [1.29, 1.82) is 0 Å². The Hall–Kier alpha value is -2.01. The molecule has 94 valence electrons. The summed E-state index contributed by atoms with van der Waals surface area (Å²) in [5, 5.41) is 7.28. The Morgan fingerprint density at radius 1 is 1.44 bits per heavy atom. The summed E-state index contributed by atoms with van der Waals surface area (Å²) in [4.78, 5) is 11.6. The molecule has 0 fully saturated rings. The van der Waals surface area contributed by atoms with Gasteiger partial charge >= 0.3 is 5.97 Å². The fourth-order valence-electron chi connectivity index (χ4n) is 1.59. The molecule has 2 rings (SSSR count). The van der Waals surface area contributed by atoms with Gasteiger partial charge in [0.15, 0.2) is 0 Å². The topological polar surface area (TPSA) is 64.3 Å². The predicted octanol–water partition coefficient (Wildman–Crippen LogP) is 2.73. The van der Waals surface area contributed by atoms with Gasteiger partial charge in [0.05, 0.1) is 12.7 Å². The van der Waals surface area contributed by atoms with Gasteiger partial charge in [-0.25, -0.2) is 4.79 Å². The van der Waals surface area contributed by atoms with E-state index in [0.717, 1.165) is 5.69 Å². The molecule has 1 heterocycles. The lowest BCUT2D eigenvalue weighted by molar-refractivity contribution is 0.0602. The molecule has 0 aliphatic rings. The van der Waals surface area contributed by atoms with Gasteiger partial charge in [-0.2, -0.15) is 11.3 Å². The molecule has 18 heavy (non-hydrogen) atoms. The van der Waals surface area contributed by atoms with Gasteiger partial charge < -0.3 is 15.8 Å². The lowest BCUT2D eigenvalue weighted by Crippen LogP contribution is -2.08. The normalized spacial score (nSPS) is 10.1. The van der Waals surface area contributed by atoms with E-state index in [4.69, 9.17) is 10.5 Å². The Kier molecular flexibility index (Phi) is 3.84. The predicted molar refractivity (Wildman–Crippen MR) is 73.8 cm³/mol. The molecule has 0 saturated heterocycles. The van der Waals surface area contributed by atoms with Gasteiger partial charge in [0.1, 0.15) is 0 Å². The molecule has 0 amide bonds. The molecule has 0 aliphatic carbocycles. The van der Waals surface area contributed by atoms with Gasteiger partial charge in [-0.1, -0.05) is 0 Å². The number of nitrogen functional groups attached to an aromatic ring is 1. The zero-order valence-corrected chi connectivity index (χ0v) is 10.8. The molecule has 0 saturated carbocycles. The average molecular weight is 262 g/mol. The number of hydrogen-bond acceptors (Lipinski definition) is 5. The summed E-state index contributed by atoms with van der Waals surface area (Å²) in [7, 11) is 1.36. The van der Waals surface area contributed by atoms with Gasteiger partial charge in [-0.05, 0) is 40.6 Å². The lowest BCUT2D eigenvalue weighted by atomic mass is 10.1. The molecular formula is C13H14N2O2S. The van der Waals surface area contributed by atoms with Crippen molar-refractivity contribution >= 4 is 28.7 Å². The van der Waals surface area contributed by atoms with Crippen molar-refractivity contribution in [2.75, 3.05) is 18.2 Å². The van der Waals surface area contributed by atoms with Crippen LogP contribution in [0.25, 0.3) is 0 Å². The highest BCUT2D eigenvalue weighted by molar-refractivity contribution is 7.07. The van der Waals surface area contributed by atoms with Crippen LogP contribution in [0.2, 0.25) is 0 Å². The summed E-state index contributed by atoms with van der Waals surface area (Å²) in [6.07, 6.45) is 0. The number of carbonyl (C=O) groups is 1. The lowest BCUT2D eigenvalue weighted by Gasteiger charge is -2.10. The smallest absolute Gasteiger partial charge is 0.340 e. The summed E-state index contributed by atoms with van der Waals surface area (Å²) in [6, 6.07) is 7.19. The van der Waals surface area contributed by atoms with Crippen LogP contribution in [0.15, 0.2) is 35.0 Å². The summed E-state index contributed by atoms with van der Waals surface area (Å²) >= 11 is 1.64. The van der Waals surface area contributed by atoms with E-state index in [1.165, 1.54) is 12.7 Å². The highest BCUT2D eigenvalue weighted by Gasteiger charge is 2.12. The number of anilines is 2. The molecule has 1 aromatic heterocycles. The van der Waals surface area contributed by atoms with E-state index < -0.39 is 5.97 Å². The van der Waals surface area contributed by atoms with Crippen molar-refractivity contribution in [3.63, 3.8) is 0 Å². The number of nitrogens with one attached hydrogen (secondary N) is 1. The van der Waals surface area contributed by atoms with Gasteiger partial charge in [-0.3, -0.25) is 0 Å². The van der Waals surface area contributed by atoms with Crippen LogP contribution in [0.3, 0.4) is 0 Å². The van der Waals surface area contributed by atoms with Crippen molar-refractivity contribution < 1.29 is 9.53 Å². The molecule has 5 heteroatoms. The third kappa shape index (κ3) is 2.81. The molecule has 0 atom stereocenters. The van der Waals surface area contributed by atoms with Crippen LogP contribution in [0, 0.1) is 0 Å². The molecule has 0 bridgehead atoms. The number of rotatable bonds is 4. The molecule has 0 spiro atoms. The van der Waals surface area contributed by atoms with Crippen molar-refractivity contribution in [3.8, 4) is 0 Å². The first kappa shape index (κ1) is 12.4. The number of hydrogen-bond donors (Lipinski definition) is 2. The van der Waals surface area contributed by atoms with E-state index in [9.17, 15) is 4.79 Å². The largest absolute Gasteiger partial charge is 0.465 e. The van der Waals surface area contributed by atoms with Crippen LogP contribution >= 0.6 is 11.3 Å². The Labute approximate surface area is 109 Å². The number of esters is 1. The van der Waals surface area contributed by atoms with Gasteiger partial charge in [0.2, 0.25) is 0 Å². The maximum absolute atomic E-state index is 11.6. The fraction of sp³-hybridized carbons (Fsp3) is 0.154. The minimum atomic E-state index is -0.393. The number of ether oxygens (including phenoxy) is 1. The second-order valence-corrected chi connectivity index (χ2v) is 4.56. The SMILES string of the molecule is COC(=O)c1cc(N)ccc1NCc1ccsc1. The zero-order chi connectivity index (χ0) is 13.0. The summed E-state index contributed by atoms with van der Waals surface area (Å²) < 4.78 is 4.74. The fourth-order valence-corrected chi connectivity index (χ4v) is 2.25. The molecule has 0 unspecified atom stereocenters. The monoisotopic (exact) mass is 262 g/mol. The maximum atomic E-state index is 11.6. The van der Waals surface area contributed by atoms with E-state index >= 15 is 0 Å². The van der Waals surface area contributed by atoms with Gasteiger partial charge in [-0.15, -0.1) is 0 Å². The van der Waals surface area contributed by atoms with Gasteiger partial charge in [0, 0.05) is 17.9 Å². The van der Waals surface area contributed by atoms with Crippen molar-refractivity contribution in [2.45, 2.75) is 6.54 Å². The third-order valence-corrected chi connectivity index (χ3v) is 3.24. The van der Waals surface area contributed by atoms with E-state index in [2.05, 4.69) is 10.7 Å². The van der Waals surface area contributed by atoms with E-state index in [0.29, 0.717) is 17.8 Å². The third-order valence-electron chi connectivity index (χ3n) is 2.51. The van der Waals surface area contributed by atoms with Crippen LogP contribution in [0.4, 0.5) is 11.4 Å². The van der Waals surface area contributed by atoms with Crippen molar-refractivity contribution in [1.82, 2.24) is 0 Å². The van der Waals surface area contributed by atoms with E-state index in [-0.39, 0.29) is 0 Å². The number of nitrogens with two attached hydrogens (primary N) is 1. The Bertz CT molecular complexity index is 538. The zero-order valence-electron chi connectivity index (χ0n) is 9.97. The molecule has 0 aliphatic heterocycles. The summed E-state index contributed by atoms with van der Waals surface area (Å²) in [5.74, 6) is -0.393. The second-order valence-electron chi connectivity index (χ2n) is 3.78. The first-order valence-corrected chi connectivity index (χ1v) is 6.38. The molecule has 2 aromatic rings. The van der Waals surface area contributed by atoms with Crippen LogP contribution < -0.4 is 11.1 Å². The van der Waals surface area contributed by atoms with Crippen molar-refractivity contribution in [3.05, 3.63) is 46.2 Å². The standard InChI is InChI=1S/C13H14N2O2S/c1-17-13(16)11-6-10(14)2-3-12(11)15-7-9-4-5-18-8-9/h2-6,8,15H,7,14H2,1H3. The number of thiophene rings is 1. The first-order chi connectivity index (χ1) is 8.70. The highest BCUT2D eigenvalue weighted by Crippen LogP contribution is 2.21. The van der Waals surface area contributed by atoms with Crippen LogP contribution in [0.5, 0.6) is 0 Å². The quantitative estimate of drug-likeness (QED) is 0.657. The Morgan fingerprint density at radius 2 is 2.28 bits per heavy atom. The maximum Gasteiger partial charge on any atom is 0.340 e. The van der Waals surface area contributed by atoms with Crippen molar-refractivity contribution in [2.24, 2.45) is 0 Å². The molecule has 0 radical (unpaired) electrons. The average Bonchev–Trinajstić information content (AvgIpc) is 2.89. The van der Waals surface area contributed by atoms with Crippen LogP contribution in [-0.2, 0) is 11.3 Å². The molecule has 4 nitrogen and oxygen atoms in total. The van der Waals surface area contributed by atoms with Gasteiger partial charge in [0.25, 0.3) is 0 Å². The molecule has 1 aromatic carbocycles. The minimum absolute atomic E-state index is 0.393. The summed E-state index contributed by atoms with van der Waals surface area (Å²) in [6.45, 7) is 0.664.